The number of nitrogens with one attached hydrogen (secondary N) is 4. The van der Waals surface area contributed by atoms with E-state index in [1.165, 1.54) is 7.11 Å². The second-order valence-electron chi connectivity index (χ2n) is 10.4. The molecule has 0 spiro atoms. The molecule has 0 unspecified atom stereocenters. The first kappa shape index (κ1) is 27.6. The Morgan fingerprint density at radius 3 is 2.20 bits per heavy atom. The first-order chi connectivity index (χ1) is 16.4. The Kier molecular flexibility index (Phi) is 8.05. The van der Waals surface area contributed by atoms with Crippen LogP contribution in [0.3, 0.4) is 0 Å². The lowest BCUT2D eigenvalue weighted by Gasteiger charge is -2.48. The van der Waals surface area contributed by atoms with Crippen LogP contribution in [0.25, 0.3) is 0 Å². The number of β-lactam (4-membered cyclic amide) rings is 1. The van der Waals surface area contributed by atoms with Crippen molar-refractivity contribution in [3.63, 3.8) is 0 Å². The molecule has 4 fully saturated rings. The third kappa shape index (κ3) is 4.20. The summed E-state index contributed by atoms with van der Waals surface area (Å²) in [5.41, 5.74) is -2.50. The van der Waals surface area contributed by atoms with Gasteiger partial charge < -0.3 is 36.2 Å². The summed E-state index contributed by atoms with van der Waals surface area (Å²) < 4.78 is 4.81. The maximum Gasteiger partial charge on any atom is 0.336 e. The number of aliphatic hydroxyl groups excluding tert-OH is 2. The highest BCUT2D eigenvalue weighted by Crippen LogP contribution is 2.40. The number of carbonyl (C=O) groups is 4. The topological polar surface area (TPSA) is 166 Å². The zero-order valence-corrected chi connectivity index (χ0v) is 21.5. The molecule has 11 nitrogen and oxygen atoms in total. The highest BCUT2D eigenvalue weighted by Gasteiger charge is 2.69. The Balaban J connectivity index is 0.000000196. The van der Waals surface area contributed by atoms with Crippen molar-refractivity contribution in [2.45, 2.75) is 75.9 Å². The summed E-state index contributed by atoms with van der Waals surface area (Å²) in [6, 6.07) is -0.728. The third-order valence-electron chi connectivity index (χ3n) is 7.74. The van der Waals surface area contributed by atoms with E-state index in [1.54, 1.807) is 0 Å². The number of esters is 1. The standard InChI is InChI=1S/C12H20N2O4.C11H17ClN2O3/c1-6(2)9(15)12(11(17)18-3)8-7(4-5-13-8)10(16)14-12;1-5(2)8(15)11-7(13-10(11)17)6(3-4-12)9(16)14-11/h6-9,13,15H,4-5H2,1-3H3,(H,14,16);5-8,15H,3-4H2,1-2H3,(H,13,17)(H,14,16)/t7-,8+,9+,12+;6-,7+,8+,11+/m11/s1. The van der Waals surface area contributed by atoms with Gasteiger partial charge in [0.15, 0.2) is 11.1 Å². The van der Waals surface area contributed by atoms with Crippen molar-refractivity contribution in [2.24, 2.45) is 23.7 Å². The van der Waals surface area contributed by atoms with Crippen LogP contribution in [0, 0.1) is 23.7 Å². The van der Waals surface area contributed by atoms with Crippen molar-refractivity contribution in [3.05, 3.63) is 0 Å². The van der Waals surface area contributed by atoms with Crippen molar-refractivity contribution < 1.29 is 34.1 Å². The maximum atomic E-state index is 12.1. The summed E-state index contributed by atoms with van der Waals surface area (Å²) in [5.74, 6) is -1.77. The molecule has 0 bridgehead atoms. The monoisotopic (exact) mass is 516 g/mol. The molecular formula is C23H37ClN4O7. The fourth-order valence-corrected chi connectivity index (χ4v) is 6.10. The Morgan fingerprint density at radius 2 is 1.69 bits per heavy atom. The van der Waals surface area contributed by atoms with Crippen molar-refractivity contribution in [3.8, 4) is 0 Å². The summed E-state index contributed by atoms with van der Waals surface area (Å²) in [7, 11) is 1.27. The molecule has 12 heteroatoms. The van der Waals surface area contributed by atoms with E-state index in [1.807, 2.05) is 27.7 Å². The first-order valence-electron chi connectivity index (χ1n) is 12.1. The molecule has 4 saturated heterocycles. The molecule has 4 rings (SSSR count). The smallest absolute Gasteiger partial charge is 0.336 e. The lowest BCUT2D eigenvalue weighted by molar-refractivity contribution is -0.157. The van der Waals surface area contributed by atoms with E-state index in [-0.39, 0.29) is 47.4 Å². The first-order valence-corrected chi connectivity index (χ1v) is 12.6. The van der Waals surface area contributed by atoms with Gasteiger partial charge in [-0.25, -0.2) is 4.79 Å². The van der Waals surface area contributed by atoms with Crippen LogP contribution in [0.15, 0.2) is 0 Å². The summed E-state index contributed by atoms with van der Waals surface area (Å²) in [6.45, 7) is 7.94. The van der Waals surface area contributed by atoms with Gasteiger partial charge in [0.1, 0.15) is 0 Å². The van der Waals surface area contributed by atoms with Gasteiger partial charge in [-0.3, -0.25) is 14.4 Å². The number of halogens is 1. The molecule has 8 atom stereocenters. The number of hydrogen-bond donors (Lipinski definition) is 6. The van der Waals surface area contributed by atoms with Crippen molar-refractivity contribution in [1.29, 1.82) is 0 Å². The van der Waals surface area contributed by atoms with Crippen LogP contribution in [0.5, 0.6) is 0 Å². The second-order valence-corrected chi connectivity index (χ2v) is 10.8. The van der Waals surface area contributed by atoms with Gasteiger partial charge in [0, 0.05) is 5.88 Å². The number of aliphatic hydroxyl groups is 2. The number of amides is 3. The van der Waals surface area contributed by atoms with E-state index in [9.17, 15) is 29.4 Å². The average Bonchev–Trinajstić information content (AvgIpc) is 3.46. The zero-order valence-electron chi connectivity index (χ0n) is 20.8. The van der Waals surface area contributed by atoms with Gasteiger partial charge in [-0.15, -0.1) is 11.6 Å². The number of methoxy groups -OCH3 is 1. The highest BCUT2D eigenvalue weighted by molar-refractivity contribution is 6.18. The molecule has 3 amide bonds. The molecule has 4 aliphatic rings. The van der Waals surface area contributed by atoms with Crippen molar-refractivity contribution >= 4 is 35.3 Å². The van der Waals surface area contributed by atoms with Crippen LogP contribution >= 0.6 is 11.6 Å². The van der Waals surface area contributed by atoms with Crippen molar-refractivity contribution in [1.82, 2.24) is 21.3 Å². The van der Waals surface area contributed by atoms with E-state index >= 15 is 0 Å². The summed E-state index contributed by atoms with van der Waals surface area (Å²) in [6.07, 6.45) is -0.662. The number of fused-ring (bicyclic) bond motifs is 2. The lowest BCUT2D eigenvalue weighted by atomic mass is 9.71. The average molecular weight is 517 g/mol. The molecular weight excluding hydrogens is 480 g/mol. The molecule has 4 heterocycles. The Labute approximate surface area is 210 Å². The minimum Gasteiger partial charge on any atom is -0.467 e. The van der Waals surface area contributed by atoms with E-state index in [4.69, 9.17) is 16.3 Å². The maximum absolute atomic E-state index is 12.1. The highest BCUT2D eigenvalue weighted by atomic mass is 35.5. The largest absolute Gasteiger partial charge is 0.467 e. The molecule has 0 aromatic carbocycles. The fourth-order valence-electron chi connectivity index (χ4n) is 5.86. The zero-order chi connectivity index (χ0) is 26.3. The number of ether oxygens (including phenoxy) is 1. The van der Waals surface area contributed by atoms with Gasteiger partial charge in [-0.1, -0.05) is 27.7 Å². The number of hydrogen-bond acceptors (Lipinski definition) is 8. The van der Waals surface area contributed by atoms with Crippen LogP contribution in [0.1, 0.15) is 40.5 Å². The molecule has 0 saturated carbocycles. The minimum atomic E-state index is -1.36. The Morgan fingerprint density at radius 1 is 1.06 bits per heavy atom. The number of alkyl halides is 1. The predicted molar refractivity (Wildman–Crippen MR) is 126 cm³/mol. The van der Waals surface area contributed by atoms with Gasteiger partial charge in [-0.05, 0) is 31.2 Å². The normalized spacial score (nSPS) is 36.8. The van der Waals surface area contributed by atoms with E-state index in [2.05, 4.69) is 21.3 Å². The third-order valence-corrected chi connectivity index (χ3v) is 7.96. The predicted octanol–water partition coefficient (Wildman–Crippen LogP) is -1.36. The Bertz CT molecular complexity index is 871. The van der Waals surface area contributed by atoms with Crippen LogP contribution < -0.4 is 21.3 Å². The summed E-state index contributed by atoms with van der Waals surface area (Å²) in [4.78, 5) is 47.7. The molecule has 0 aliphatic carbocycles. The SMILES string of the molecule is CC(C)[C@H](O)[C@@]12NC(=O)[C@H](CCCl)[C@@H]1NC2=O.COC(=O)[C@]1([C@@H](O)C(C)C)NC(=O)[C@@H]2CCN[C@@H]21. The van der Waals surface area contributed by atoms with Crippen LogP contribution in [0.4, 0.5) is 0 Å². The van der Waals surface area contributed by atoms with Crippen molar-refractivity contribution in [2.75, 3.05) is 19.5 Å². The van der Waals surface area contributed by atoms with Gasteiger partial charge in [0.2, 0.25) is 11.8 Å². The van der Waals surface area contributed by atoms with Gasteiger partial charge in [0.05, 0.1) is 43.2 Å². The van der Waals surface area contributed by atoms with Gasteiger partial charge in [-0.2, -0.15) is 0 Å². The van der Waals surface area contributed by atoms with E-state index in [0.717, 1.165) is 0 Å². The number of rotatable bonds is 7. The molecule has 4 aliphatic heterocycles. The summed E-state index contributed by atoms with van der Waals surface area (Å²) in [5, 5.41) is 31.8. The molecule has 198 valence electrons. The van der Waals surface area contributed by atoms with Gasteiger partial charge >= 0.3 is 5.97 Å². The fraction of sp³-hybridized carbons (Fsp3) is 0.826. The molecule has 6 N–H and O–H groups in total. The van der Waals surface area contributed by atoms with E-state index in [0.29, 0.717) is 25.3 Å². The molecule has 0 aromatic rings. The Hall–Kier alpha value is -1.95. The van der Waals surface area contributed by atoms with Crippen LogP contribution in [0.2, 0.25) is 0 Å². The van der Waals surface area contributed by atoms with E-state index < -0.39 is 35.3 Å². The minimum absolute atomic E-state index is 0.0985. The van der Waals surface area contributed by atoms with Crippen LogP contribution in [-0.2, 0) is 23.9 Å². The molecule has 35 heavy (non-hydrogen) atoms. The molecule has 0 aromatic heterocycles. The van der Waals surface area contributed by atoms with Gasteiger partial charge in [0.25, 0.3) is 5.91 Å². The quantitative estimate of drug-likeness (QED) is 0.137. The molecule has 0 radical (unpaired) electrons. The lowest BCUT2D eigenvalue weighted by Crippen LogP contribution is -2.80. The summed E-state index contributed by atoms with van der Waals surface area (Å²) >= 11 is 5.65. The second kappa shape index (κ2) is 10.2. The van der Waals surface area contributed by atoms with Crippen LogP contribution in [-0.4, -0.2) is 88.8 Å². The number of carbonyl (C=O) groups excluding carboxylic acids is 4.